The number of ether oxygens (including phenoxy) is 1. The van der Waals surface area contributed by atoms with Gasteiger partial charge in [-0.15, -0.1) is 0 Å². The molecule has 17 heavy (non-hydrogen) atoms. The van der Waals surface area contributed by atoms with E-state index in [2.05, 4.69) is 13.5 Å². The van der Waals surface area contributed by atoms with Crippen molar-refractivity contribution in [3.05, 3.63) is 12.7 Å². The Morgan fingerprint density at radius 2 is 1.65 bits per heavy atom. The van der Waals surface area contributed by atoms with Crippen LogP contribution in [0.3, 0.4) is 0 Å². The molecule has 0 aromatic heterocycles. The van der Waals surface area contributed by atoms with Gasteiger partial charge in [0.25, 0.3) is 0 Å². The molecular formula is C15H28O2. The van der Waals surface area contributed by atoms with Crippen LogP contribution in [0.4, 0.5) is 0 Å². The molecule has 0 saturated carbocycles. The summed E-state index contributed by atoms with van der Waals surface area (Å²) in [5, 5.41) is 0. The zero-order valence-corrected chi connectivity index (χ0v) is 11.5. The number of carbonyl (C=O) groups is 1. The predicted octanol–water partition coefficient (Wildman–Crippen LogP) is 4.63. The van der Waals surface area contributed by atoms with Crippen molar-refractivity contribution in [2.75, 3.05) is 0 Å². The lowest BCUT2D eigenvalue weighted by molar-refractivity contribution is -0.144. The topological polar surface area (TPSA) is 26.3 Å². The van der Waals surface area contributed by atoms with Crippen molar-refractivity contribution in [2.24, 2.45) is 0 Å². The van der Waals surface area contributed by atoms with E-state index in [9.17, 15) is 4.79 Å². The summed E-state index contributed by atoms with van der Waals surface area (Å²) < 4.78 is 5.10. The predicted molar refractivity (Wildman–Crippen MR) is 73.0 cm³/mol. The van der Waals surface area contributed by atoms with E-state index in [0.717, 1.165) is 12.8 Å². The van der Waals surface area contributed by atoms with Crippen LogP contribution in [0.1, 0.15) is 71.6 Å². The number of unbranched alkanes of at least 4 members (excludes halogenated alkanes) is 7. The van der Waals surface area contributed by atoms with Gasteiger partial charge in [-0.1, -0.05) is 64.5 Å². The maximum absolute atomic E-state index is 10.8. The molecule has 0 N–H and O–H groups in total. The van der Waals surface area contributed by atoms with Gasteiger partial charge in [0.15, 0.2) is 0 Å². The number of carbonyl (C=O) groups excluding carboxylic acids is 1. The van der Waals surface area contributed by atoms with Gasteiger partial charge >= 0.3 is 5.97 Å². The lowest BCUT2D eigenvalue weighted by atomic mass is 10.1. The van der Waals surface area contributed by atoms with Gasteiger partial charge in [-0.3, -0.25) is 4.79 Å². The average molecular weight is 240 g/mol. The van der Waals surface area contributed by atoms with E-state index in [1.54, 1.807) is 6.08 Å². The van der Waals surface area contributed by atoms with E-state index in [0.29, 0.717) is 0 Å². The Hall–Kier alpha value is -0.790. The smallest absolute Gasteiger partial charge is 0.303 e. The first-order valence-corrected chi connectivity index (χ1v) is 7.00. The maximum atomic E-state index is 10.8. The minimum atomic E-state index is -0.213. The highest BCUT2D eigenvalue weighted by Gasteiger charge is 2.06. The van der Waals surface area contributed by atoms with Crippen LogP contribution >= 0.6 is 0 Å². The fourth-order valence-electron chi connectivity index (χ4n) is 1.92. The fourth-order valence-corrected chi connectivity index (χ4v) is 1.92. The summed E-state index contributed by atoms with van der Waals surface area (Å²) in [6, 6.07) is 0. The van der Waals surface area contributed by atoms with E-state index in [4.69, 9.17) is 4.74 Å². The average Bonchev–Trinajstić information content (AvgIpc) is 2.30. The minimum absolute atomic E-state index is 0.0902. The molecule has 0 heterocycles. The van der Waals surface area contributed by atoms with Crippen LogP contribution in [0.25, 0.3) is 0 Å². The molecule has 0 aliphatic rings. The SMILES string of the molecule is C=CC(CCCCCCCCCC)OC(C)=O. The number of hydrogen-bond donors (Lipinski definition) is 0. The molecule has 0 aromatic rings. The number of rotatable bonds is 11. The lowest BCUT2D eigenvalue weighted by Gasteiger charge is -2.12. The van der Waals surface area contributed by atoms with Crippen LogP contribution in [0, 0.1) is 0 Å². The van der Waals surface area contributed by atoms with Gasteiger partial charge in [0.2, 0.25) is 0 Å². The van der Waals surface area contributed by atoms with Gasteiger partial charge in [0.05, 0.1) is 0 Å². The molecular weight excluding hydrogens is 212 g/mol. The van der Waals surface area contributed by atoms with Crippen molar-refractivity contribution in [3.8, 4) is 0 Å². The monoisotopic (exact) mass is 240 g/mol. The molecule has 2 heteroatoms. The summed E-state index contributed by atoms with van der Waals surface area (Å²) in [5.74, 6) is -0.213. The molecule has 0 aliphatic carbocycles. The normalized spacial score (nSPS) is 12.1. The standard InChI is InChI=1S/C15H28O2/c1-4-6-7-8-9-10-11-12-13-15(5-2)17-14(3)16/h5,15H,2,4,6-13H2,1,3H3. The van der Waals surface area contributed by atoms with Gasteiger partial charge in [-0.2, -0.15) is 0 Å². The lowest BCUT2D eigenvalue weighted by Crippen LogP contribution is -2.13. The third kappa shape index (κ3) is 11.5. The van der Waals surface area contributed by atoms with Crippen LogP contribution in [0.5, 0.6) is 0 Å². The Labute approximate surface area is 106 Å². The highest BCUT2D eigenvalue weighted by Crippen LogP contribution is 2.12. The largest absolute Gasteiger partial charge is 0.458 e. The van der Waals surface area contributed by atoms with E-state index >= 15 is 0 Å². The molecule has 2 nitrogen and oxygen atoms in total. The Morgan fingerprint density at radius 3 is 2.12 bits per heavy atom. The highest BCUT2D eigenvalue weighted by molar-refractivity contribution is 5.66. The molecule has 0 rings (SSSR count). The summed E-state index contributed by atoms with van der Waals surface area (Å²) in [7, 11) is 0. The Balaban J connectivity index is 3.31. The molecule has 0 radical (unpaired) electrons. The fraction of sp³-hybridized carbons (Fsp3) is 0.800. The molecule has 1 unspecified atom stereocenters. The summed E-state index contributed by atoms with van der Waals surface area (Å²) in [6.07, 6.45) is 13.0. The van der Waals surface area contributed by atoms with Crippen molar-refractivity contribution in [3.63, 3.8) is 0 Å². The van der Waals surface area contributed by atoms with Crippen LogP contribution in [-0.2, 0) is 9.53 Å². The summed E-state index contributed by atoms with van der Waals surface area (Å²) in [4.78, 5) is 10.8. The van der Waals surface area contributed by atoms with E-state index < -0.39 is 0 Å². The van der Waals surface area contributed by atoms with Crippen LogP contribution in [0.15, 0.2) is 12.7 Å². The highest BCUT2D eigenvalue weighted by atomic mass is 16.5. The summed E-state index contributed by atoms with van der Waals surface area (Å²) >= 11 is 0. The third-order valence-corrected chi connectivity index (χ3v) is 2.92. The van der Waals surface area contributed by atoms with Crippen molar-refractivity contribution >= 4 is 5.97 Å². The minimum Gasteiger partial charge on any atom is -0.458 e. The quantitative estimate of drug-likeness (QED) is 0.299. The second-order valence-electron chi connectivity index (χ2n) is 4.65. The van der Waals surface area contributed by atoms with Crippen molar-refractivity contribution in [1.29, 1.82) is 0 Å². The van der Waals surface area contributed by atoms with Crippen LogP contribution in [0.2, 0.25) is 0 Å². The summed E-state index contributed by atoms with van der Waals surface area (Å²) in [6.45, 7) is 7.37. The van der Waals surface area contributed by atoms with Crippen molar-refractivity contribution in [2.45, 2.75) is 77.7 Å². The number of esters is 1. The third-order valence-electron chi connectivity index (χ3n) is 2.92. The van der Waals surface area contributed by atoms with E-state index in [1.165, 1.54) is 51.9 Å². The van der Waals surface area contributed by atoms with Gasteiger partial charge in [0, 0.05) is 6.92 Å². The molecule has 0 amide bonds. The van der Waals surface area contributed by atoms with Gasteiger partial charge in [-0.25, -0.2) is 0 Å². The molecule has 0 fully saturated rings. The van der Waals surface area contributed by atoms with E-state index in [-0.39, 0.29) is 12.1 Å². The van der Waals surface area contributed by atoms with Crippen LogP contribution < -0.4 is 0 Å². The molecule has 0 saturated heterocycles. The molecule has 0 aromatic carbocycles. The maximum Gasteiger partial charge on any atom is 0.303 e. The van der Waals surface area contributed by atoms with Crippen molar-refractivity contribution < 1.29 is 9.53 Å². The molecule has 1 atom stereocenters. The first-order valence-electron chi connectivity index (χ1n) is 7.00. The molecule has 0 spiro atoms. The Bertz CT molecular complexity index is 199. The second kappa shape index (κ2) is 11.7. The van der Waals surface area contributed by atoms with E-state index in [1.807, 2.05) is 0 Å². The second-order valence-corrected chi connectivity index (χ2v) is 4.65. The Kier molecular flexibility index (Phi) is 11.1. The summed E-state index contributed by atoms with van der Waals surface area (Å²) in [5.41, 5.74) is 0. The Morgan fingerprint density at radius 1 is 1.12 bits per heavy atom. The molecule has 100 valence electrons. The van der Waals surface area contributed by atoms with Crippen molar-refractivity contribution in [1.82, 2.24) is 0 Å². The zero-order chi connectivity index (χ0) is 12.9. The zero-order valence-electron chi connectivity index (χ0n) is 11.5. The first-order chi connectivity index (χ1) is 8.20. The van der Waals surface area contributed by atoms with Crippen LogP contribution in [-0.4, -0.2) is 12.1 Å². The van der Waals surface area contributed by atoms with Gasteiger partial charge < -0.3 is 4.74 Å². The van der Waals surface area contributed by atoms with Gasteiger partial charge in [0.1, 0.15) is 6.10 Å². The van der Waals surface area contributed by atoms with Gasteiger partial charge in [-0.05, 0) is 12.8 Å². The first kappa shape index (κ1) is 16.2. The number of hydrogen-bond acceptors (Lipinski definition) is 2. The molecule has 0 aliphatic heterocycles. The molecule has 0 bridgehead atoms.